The summed E-state index contributed by atoms with van der Waals surface area (Å²) in [7, 11) is 0. The highest BCUT2D eigenvalue weighted by atomic mass is 35.5. The molecule has 0 radical (unpaired) electrons. The Hall–Kier alpha value is -3.15. The van der Waals surface area contributed by atoms with Gasteiger partial charge in [0, 0.05) is 37.1 Å². The summed E-state index contributed by atoms with van der Waals surface area (Å²) in [5, 5.41) is 32.4. The average molecular weight is 392 g/mol. The van der Waals surface area contributed by atoms with Crippen LogP contribution in [0.2, 0.25) is 5.02 Å². The fourth-order valence-electron chi connectivity index (χ4n) is 3.07. The van der Waals surface area contributed by atoms with Crippen LogP contribution < -0.4 is 4.90 Å². The maximum absolute atomic E-state index is 8.87. The molecule has 0 aromatic heterocycles. The third-order valence-electron chi connectivity index (χ3n) is 4.47. The molecule has 142 valence electrons. The fourth-order valence-corrected chi connectivity index (χ4v) is 3.36. The van der Waals surface area contributed by atoms with Gasteiger partial charge in [0.25, 0.3) is 0 Å². The molecule has 0 atom stereocenters. The van der Waals surface area contributed by atoms with E-state index in [0.717, 1.165) is 37.1 Å². The number of fused-ring (bicyclic) bond motifs is 1. The Balaban J connectivity index is 0.000000203. The summed E-state index contributed by atoms with van der Waals surface area (Å²) in [5.74, 6) is 0. The maximum Gasteiger partial charge on any atom is 0.101 e. The molecule has 28 heavy (non-hydrogen) atoms. The van der Waals surface area contributed by atoms with Gasteiger partial charge < -0.3 is 15.7 Å². The van der Waals surface area contributed by atoms with E-state index in [1.807, 2.05) is 18.2 Å². The highest BCUT2D eigenvalue weighted by Gasteiger charge is 2.22. The lowest BCUT2D eigenvalue weighted by molar-refractivity contribution is 0.796. The molecular formula is C22H22ClN5. The molecule has 1 aliphatic heterocycles. The topological polar surface area (TPSA) is 98.5 Å². The summed E-state index contributed by atoms with van der Waals surface area (Å²) in [6.07, 6.45) is 3.63. The van der Waals surface area contributed by atoms with Crippen LogP contribution in [-0.2, 0) is 6.42 Å². The first-order chi connectivity index (χ1) is 13.5. The normalized spacial score (nSPS) is 11.5. The van der Waals surface area contributed by atoms with Crippen molar-refractivity contribution in [3.63, 3.8) is 0 Å². The Morgan fingerprint density at radius 2 is 1.89 bits per heavy atom. The summed E-state index contributed by atoms with van der Waals surface area (Å²) < 4.78 is 0. The van der Waals surface area contributed by atoms with Crippen LogP contribution in [0.3, 0.4) is 0 Å². The molecule has 2 N–H and O–H groups in total. The van der Waals surface area contributed by atoms with Gasteiger partial charge in [-0.05, 0) is 48.2 Å². The van der Waals surface area contributed by atoms with Gasteiger partial charge in [0.2, 0.25) is 0 Å². The zero-order valence-corrected chi connectivity index (χ0v) is 16.6. The highest BCUT2D eigenvalue weighted by molar-refractivity contribution is 6.33. The Kier molecular flexibility index (Phi) is 7.75. The molecular weight excluding hydrogens is 370 g/mol. The monoisotopic (exact) mass is 391 g/mol. The third kappa shape index (κ3) is 4.97. The van der Waals surface area contributed by atoms with E-state index >= 15 is 0 Å². The molecule has 0 amide bonds. The van der Waals surface area contributed by atoms with E-state index in [-0.39, 0.29) is 0 Å². The molecule has 1 aliphatic rings. The highest BCUT2D eigenvalue weighted by Crippen LogP contribution is 2.35. The molecule has 6 heteroatoms. The number of halogens is 1. The Labute approximate surface area is 170 Å². The lowest BCUT2D eigenvalue weighted by Gasteiger charge is -2.18. The first-order valence-electron chi connectivity index (χ1n) is 9.09. The average Bonchev–Trinajstić information content (AvgIpc) is 3.13. The van der Waals surface area contributed by atoms with Crippen LogP contribution in [0, 0.1) is 33.5 Å². The minimum absolute atomic E-state index is 0.339. The zero-order chi connectivity index (χ0) is 20.5. The number of hydrogen-bond donors (Lipinski definition) is 2. The van der Waals surface area contributed by atoms with Crippen molar-refractivity contribution < 1.29 is 0 Å². The smallest absolute Gasteiger partial charge is 0.101 e. The van der Waals surface area contributed by atoms with Gasteiger partial charge in [-0.3, -0.25) is 0 Å². The van der Waals surface area contributed by atoms with Crippen molar-refractivity contribution in [1.29, 1.82) is 21.3 Å². The van der Waals surface area contributed by atoms with Crippen LogP contribution in [0.4, 0.5) is 5.69 Å². The van der Waals surface area contributed by atoms with E-state index in [1.165, 1.54) is 11.9 Å². The molecule has 2 aromatic rings. The maximum atomic E-state index is 8.87. The van der Waals surface area contributed by atoms with Crippen LogP contribution in [0.15, 0.2) is 36.4 Å². The molecule has 0 saturated heterocycles. The summed E-state index contributed by atoms with van der Waals surface area (Å²) >= 11 is 6.17. The Bertz CT molecular complexity index is 935. The van der Waals surface area contributed by atoms with Crippen molar-refractivity contribution in [3.05, 3.63) is 63.7 Å². The van der Waals surface area contributed by atoms with Crippen molar-refractivity contribution in [3.8, 4) is 12.1 Å². The van der Waals surface area contributed by atoms with Gasteiger partial charge in [-0.2, -0.15) is 10.5 Å². The molecule has 1 heterocycles. The quantitative estimate of drug-likeness (QED) is 0.705. The molecule has 5 nitrogen and oxygen atoms in total. The van der Waals surface area contributed by atoms with E-state index in [1.54, 1.807) is 24.3 Å². The van der Waals surface area contributed by atoms with Crippen molar-refractivity contribution in [2.45, 2.75) is 26.2 Å². The number of benzene rings is 2. The van der Waals surface area contributed by atoms with E-state index in [2.05, 4.69) is 17.9 Å². The van der Waals surface area contributed by atoms with Gasteiger partial charge in [-0.25, -0.2) is 0 Å². The van der Waals surface area contributed by atoms with E-state index in [0.29, 0.717) is 28.3 Å². The van der Waals surface area contributed by atoms with Gasteiger partial charge in [0.15, 0.2) is 0 Å². The number of nitriles is 2. The predicted octanol–water partition coefficient (Wildman–Crippen LogP) is 4.95. The van der Waals surface area contributed by atoms with Crippen molar-refractivity contribution in [2.75, 3.05) is 18.0 Å². The summed E-state index contributed by atoms with van der Waals surface area (Å²) in [5.41, 5.74) is 4.70. The van der Waals surface area contributed by atoms with E-state index in [9.17, 15) is 0 Å². The zero-order valence-electron chi connectivity index (χ0n) is 15.8. The summed E-state index contributed by atoms with van der Waals surface area (Å²) in [6, 6.07) is 14.8. The second-order valence-corrected chi connectivity index (χ2v) is 6.73. The van der Waals surface area contributed by atoms with Gasteiger partial charge in [-0.1, -0.05) is 30.7 Å². The number of anilines is 1. The van der Waals surface area contributed by atoms with E-state index < -0.39 is 0 Å². The second kappa shape index (κ2) is 10.3. The van der Waals surface area contributed by atoms with Crippen molar-refractivity contribution in [1.82, 2.24) is 0 Å². The summed E-state index contributed by atoms with van der Waals surface area (Å²) in [6.45, 7) is 4.26. The molecule has 0 aliphatic carbocycles. The SMILES string of the molecule is CCCN1CCc2c1ccc(C#N)c2Cl.N#Cc1ccc(C(=N)CC=N)cc1. The molecule has 2 aromatic carbocycles. The molecule has 0 bridgehead atoms. The number of nitrogens with zero attached hydrogens (tertiary/aromatic N) is 3. The molecule has 3 rings (SSSR count). The fraction of sp³-hybridized carbons (Fsp3) is 0.273. The molecule has 0 fully saturated rings. The van der Waals surface area contributed by atoms with Gasteiger partial charge in [-0.15, -0.1) is 0 Å². The van der Waals surface area contributed by atoms with Gasteiger partial charge in [0.05, 0.1) is 22.2 Å². The first kappa shape index (κ1) is 21.2. The minimum atomic E-state index is 0.339. The Morgan fingerprint density at radius 1 is 1.18 bits per heavy atom. The molecule has 0 spiro atoms. The minimum Gasteiger partial charge on any atom is -0.371 e. The van der Waals surface area contributed by atoms with Crippen LogP contribution >= 0.6 is 11.6 Å². The van der Waals surface area contributed by atoms with Gasteiger partial charge >= 0.3 is 0 Å². The van der Waals surface area contributed by atoms with Crippen LogP contribution in [0.1, 0.15) is 42.0 Å². The van der Waals surface area contributed by atoms with Crippen LogP contribution in [0.25, 0.3) is 0 Å². The standard InChI is InChI=1S/C12H13ClN2.C10H9N3/c1-2-6-15-7-5-10-11(15)4-3-9(8-14)12(10)13;11-6-5-10(13)9-3-1-8(7-12)2-4-9/h3-4H,2,5-7H2,1H3;1-4,6,11,13H,5H2. The molecule has 0 unspecified atom stereocenters. The number of nitrogens with one attached hydrogen (secondary N) is 2. The van der Waals surface area contributed by atoms with E-state index in [4.69, 9.17) is 32.9 Å². The third-order valence-corrected chi connectivity index (χ3v) is 4.91. The lowest BCUT2D eigenvalue weighted by atomic mass is 10.1. The van der Waals surface area contributed by atoms with Crippen molar-refractivity contribution >= 4 is 29.2 Å². The van der Waals surface area contributed by atoms with Gasteiger partial charge in [0.1, 0.15) is 6.07 Å². The number of hydrogen-bond acceptors (Lipinski definition) is 5. The summed E-state index contributed by atoms with van der Waals surface area (Å²) in [4.78, 5) is 2.34. The first-order valence-corrected chi connectivity index (χ1v) is 9.46. The van der Waals surface area contributed by atoms with Crippen LogP contribution in [0.5, 0.6) is 0 Å². The Morgan fingerprint density at radius 3 is 2.46 bits per heavy atom. The largest absolute Gasteiger partial charge is 0.371 e. The van der Waals surface area contributed by atoms with Crippen molar-refractivity contribution in [2.24, 2.45) is 0 Å². The lowest BCUT2D eigenvalue weighted by Crippen LogP contribution is -2.20. The molecule has 0 saturated carbocycles. The van der Waals surface area contributed by atoms with Crippen LogP contribution in [-0.4, -0.2) is 25.0 Å². The predicted molar refractivity (Wildman–Crippen MR) is 114 cm³/mol. The number of rotatable bonds is 5. The second-order valence-electron chi connectivity index (χ2n) is 6.35.